The Balaban J connectivity index is 2.95. The maximum absolute atomic E-state index is 5.70. The zero-order valence-corrected chi connectivity index (χ0v) is 12.0. The summed E-state index contributed by atoms with van der Waals surface area (Å²) >= 11 is 0. The molecule has 0 saturated heterocycles. The molecular formula is C14H20O2Si. The Labute approximate surface area is 105 Å². The van der Waals surface area contributed by atoms with Crippen LogP contribution in [0.3, 0.4) is 0 Å². The van der Waals surface area contributed by atoms with Gasteiger partial charge in [-0.25, -0.2) is 4.89 Å². The van der Waals surface area contributed by atoms with Crippen LogP contribution in [0.25, 0.3) is 0 Å². The van der Waals surface area contributed by atoms with Crippen molar-refractivity contribution in [2.24, 2.45) is 0 Å². The smallest absolute Gasteiger partial charge is 0.275 e. The van der Waals surface area contributed by atoms with Crippen molar-refractivity contribution >= 4 is 13.5 Å². The van der Waals surface area contributed by atoms with Crippen molar-refractivity contribution in [1.82, 2.24) is 0 Å². The fraction of sp³-hybridized carbons (Fsp3) is 0.357. The number of hydrogen-bond acceptors (Lipinski definition) is 2. The van der Waals surface area contributed by atoms with Gasteiger partial charge >= 0.3 is 0 Å². The van der Waals surface area contributed by atoms with Gasteiger partial charge in [0.15, 0.2) is 0 Å². The van der Waals surface area contributed by atoms with Crippen LogP contribution in [0.4, 0.5) is 0 Å². The topological polar surface area (TPSA) is 18.5 Å². The zero-order chi connectivity index (χ0) is 12.9. The van der Waals surface area contributed by atoms with Crippen molar-refractivity contribution in [3.63, 3.8) is 0 Å². The van der Waals surface area contributed by atoms with Gasteiger partial charge < -0.3 is 0 Å². The standard InChI is InChI=1S/C14H20O2Si/c1-6-12-17(5,16-15-14(2,3)4)13-10-8-7-9-11-13/h7-12H,1H2,2-5H3. The van der Waals surface area contributed by atoms with Crippen molar-refractivity contribution in [1.29, 1.82) is 0 Å². The van der Waals surface area contributed by atoms with Gasteiger partial charge in [-0.05, 0) is 38.2 Å². The first-order valence-corrected chi connectivity index (χ1v) is 8.15. The molecule has 1 unspecified atom stereocenters. The van der Waals surface area contributed by atoms with E-state index in [0.29, 0.717) is 0 Å². The summed E-state index contributed by atoms with van der Waals surface area (Å²) in [7, 11) is -2.26. The van der Waals surface area contributed by atoms with E-state index in [-0.39, 0.29) is 5.60 Å². The van der Waals surface area contributed by atoms with Gasteiger partial charge in [-0.2, -0.15) is 0 Å². The van der Waals surface area contributed by atoms with Gasteiger partial charge in [0.25, 0.3) is 8.32 Å². The lowest BCUT2D eigenvalue weighted by Crippen LogP contribution is -2.47. The largest absolute Gasteiger partial charge is 0.297 e. The van der Waals surface area contributed by atoms with E-state index < -0.39 is 8.32 Å². The summed E-state index contributed by atoms with van der Waals surface area (Å²) in [5.74, 6) is 0. The summed E-state index contributed by atoms with van der Waals surface area (Å²) in [5, 5.41) is 1.14. The summed E-state index contributed by atoms with van der Waals surface area (Å²) in [5.41, 5.74) is 4.40. The van der Waals surface area contributed by atoms with Crippen molar-refractivity contribution in [2.45, 2.75) is 32.9 Å². The Bertz CT molecular complexity index is 402. The van der Waals surface area contributed by atoms with E-state index in [1.807, 2.05) is 56.8 Å². The molecule has 0 fully saturated rings. The SMILES string of the molecule is C=C=C[Si](C)(OOC(C)(C)C)c1ccccc1. The van der Waals surface area contributed by atoms with E-state index in [4.69, 9.17) is 9.46 Å². The van der Waals surface area contributed by atoms with Crippen LogP contribution in [0, 0.1) is 0 Å². The van der Waals surface area contributed by atoms with Crippen LogP contribution in [0.15, 0.2) is 48.3 Å². The molecule has 1 aromatic carbocycles. The number of benzene rings is 1. The normalized spacial score (nSPS) is 14.8. The molecule has 0 N–H and O–H groups in total. The molecule has 2 nitrogen and oxygen atoms in total. The summed E-state index contributed by atoms with van der Waals surface area (Å²) in [6, 6.07) is 10.1. The van der Waals surface area contributed by atoms with E-state index in [1.165, 1.54) is 0 Å². The predicted octanol–water partition coefficient (Wildman–Crippen LogP) is 3.10. The first-order valence-electron chi connectivity index (χ1n) is 5.67. The maximum Gasteiger partial charge on any atom is 0.297 e. The first kappa shape index (κ1) is 13.9. The molecule has 17 heavy (non-hydrogen) atoms. The Kier molecular flexibility index (Phi) is 4.49. The van der Waals surface area contributed by atoms with Crippen molar-refractivity contribution < 1.29 is 9.46 Å². The summed E-state index contributed by atoms with van der Waals surface area (Å²) < 4.78 is 5.70. The summed E-state index contributed by atoms with van der Waals surface area (Å²) in [6.45, 7) is 11.6. The molecule has 3 heteroatoms. The van der Waals surface area contributed by atoms with Gasteiger partial charge in [0, 0.05) is 0 Å². The van der Waals surface area contributed by atoms with Crippen LogP contribution in [0.1, 0.15) is 20.8 Å². The third-order valence-corrected chi connectivity index (χ3v) is 4.85. The Morgan fingerprint density at radius 3 is 2.29 bits per heavy atom. The minimum Gasteiger partial charge on any atom is -0.275 e. The lowest BCUT2D eigenvalue weighted by molar-refractivity contribution is -0.282. The molecule has 0 aliphatic rings. The highest BCUT2D eigenvalue weighted by molar-refractivity contribution is 6.89. The van der Waals surface area contributed by atoms with Crippen molar-refractivity contribution in [3.05, 3.63) is 48.3 Å². The molecule has 0 radical (unpaired) electrons. The molecule has 0 saturated carbocycles. The highest BCUT2D eigenvalue weighted by Crippen LogP contribution is 2.14. The van der Waals surface area contributed by atoms with Crippen LogP contribution in [-0.2, 0) is 9.46 Å². The molecule has 0 bridgehead atoms. The van der Waals surface area contributed by atoms with Crippen LogP contribution in [0.5, 0.6) is 0 Å². The minimum absolute atomic E-state index is 0.321. The van der Waals surface area contributed by atoms with E-state index in [0.717, 1.165) is 5.19 Å². The van der Waals surface area contributed by atoms with Gasteiger partial charge in [0.2, 0.25) is 0 Å². The molecule has 0 aliphatic heterocycles. The fourth-order valence-corrected chi connectivity index (χ4v) is 3.31. The lowest BCUT2D eigenvalue weighted by Gasteiger charge is -2.27. The molecule has 0 amide bonds. The minimum atomic E-state index is -2.26. The first-order chi connectivity index (χ1) is 7.87. The Hall–Kier alpha value is -1.12. The van der Waals surface area contributed by atoms with E-state index in [2.05, 4.69) is 18.9 Å². The van der Waals surface area contributed by atoms with Crippen LogP contribution in [-0.4, -0.2) is 13.9 Å². The molecular weight excluding hydrogens is 228 g/mol. The average molecular weight is 248 g/mol. The van der Waals surface area contributed by atoms with Gasteiger partial charge in [0.1, 0.15) is 0 Å². The molecule has 92 valence electrons. The van der Waals surface area contributed by atoms with Gasteiger partial charge in [-0.15, -0.1) is 5.73 Å². The van der Waals surface area contributed by atoms with Gasteiger partial charge in [-0.1, -0.05) is 36.9 Å². The third-order valence-electron chi connectivity index (χ3n) is 2.19. The van der Waals surface area contributed by atoms with Crippen LogP contribution >= 0.6 is 0 Å². The van der Waals surface area contributed by atoms with Crippen molar-refractivity contribution in [3.8, 4) is 0 Å². The molecule has 0 aromatic heterocycles. The fourth-order valence-electron chi connectivity index (χ4n) is 1.33. The lowest BCUT2D eigenvalue weighted by atomic mass is 10.2. The molecule has 1 aromatic rings. The zero-order valence-electron chi connectivity index (χ0n) is 11.0. The van der Waals surface area contributed by atoms with Crippen LogP contribution in [0.2, 0.25) is 6.55 Å². The van der Waals surface area contributed by atoms with E-state index in [1.54, 1.807) is 0 Å². The monoisotopic (exact) mass is 248 g/mol. The maximum atomic E-state index is 5.70. The molecule has 1 atom stereocenters. The second-order valence-corrected chi connectivity index (χ2v) is 8.35. The summed E-state index contributed by atoms with van der Waals surface area (Å²) in [4.78, 5) is 5.46. The molecule has 0 heterocycles. The Morgan fingerprint density at radius 2 is 1.82 bits per heavy atom. The average Bonchev–Trinajstić information content (AvgIpc) is 2.27. The third kappa shape index (κ3) is 4.33. The van der Waals surface area contributed by atoms with E-state index in [9.17, 15) is 0 Å². The quantitative estimate of drug-likeness (QED) is 0.353. The van der Waals surface area contributed by atoms with Gasteiger partial charge in [-0.3, -0.25) is 4.58 Å². The number of hydrogen-bond donors (Lipinski definition) is 0. The van der Waals surface area contributed by atoms with E-state index >= 15 is 0 Å². The predicted molar refractivity (Wildman–Crippen MR) is 73.3 cm³/mol. The highest BCUT2D eigenvalue weighted by Gasteiger charge is 2.32. The molecule has 0 aliphatic carbocycles. The number of rotatable bonds is 4. The Morgan fingerprint density at radius 1 is 1.24 bits per heavy atom. The second kappa shape index (κ2) is 5.47. The highest BCUT2D eigenvalue weighted by atomic mass is 28.4. The molecule has 0 spiro atoms. The van der Waals surface area contributed by atoms with Gasteiger partial charge in [0.05, 0.1) is 5.60 Å². The summed E-state index contributed by atoms with van der Waals surface area (Å²) in [6.07, 6.45) is 0. The van der Waals surface area contributed by atoms with Crippen molar-refractivity contribution in [2.75, 3.05) is 0 Å². The second-order valence-electron chi connectivity index (χ2n) is 5.10. The van der Waals surface area contributed by atoms with Crippen LogP contribution < -0.4 is 5.19 Å². The molecule has 1 rings (SSSR count).